The van der Waals surface area contributed by atoms with Crippen molar-refractivity contribution in [3.8, 4) is 5.88 Å². The average Bonchev–Trinajstić information content (AvgIpc) is 2.82. The predicted molar refractivity (Wildman–Crippen MR) is 59.6 cm³/mol. The molecule has 0 aliphatic heterocycles. The average molecular weight is 212 g/mol. The van der Waals surface area contributed by atoms with E-state index in [0.29, 0.717) is 16.9 Å². The van der Waals surface area contributed by atoms with Gasteiger partial charge in [-0.3, -0.25) is 4.79 Å². The first kappa shape index (κ1) is 8.91. The van der Waals surface area contributed by atoms with Crippen molar-refractivity contribution in [2.45, 2.75) is 0 Å². The molecule has 0 fully saturated rings. The molecule has 0 aliphatic rings. The van der Waals surface area contributed by atoms with Crippen molar-refractivity contribution >= 4 is 11.0 Å². The Balaban J connectivity index is 2.34. The van der Waals surface area contributed by atoms with Gasteiger partial charge in [-0.05, 0) is 18.2 Å². The molecule has 0 saturated carbocycles. The molecule has 0 saturated heterocycles. The Kier molecular flexibility index (Phi) is 1.86. The van der Waals surface area contributed by atoms with Crippen molar-refractivity contribution in [2.24, 2.45) is 0 Å². The molecule has 2 aromatic heterocycles. The van der Waals surface area contributed by atoms with E-state index in [1.165, 1.54) is 10.7 Å². The maximum atomic E-state index is 11.8. The highest BCUT2D eigenvalue weighted by Gasteiger charge is 2.05. The third-order valence-corrected chi connectivity index (χ3v) is 2.35. The first-order chi connectivity index (χ1) is 7.84. The summed E-state index contributed by atoms with van der Waals surface area (Å²) in [6, 6.07) is 10.4. The summed E-state index contributed by atoms with van der Waals surface area (Å²) in [5, 5.41) is 4.60. The highest BCUT2D eigenvalue weighted by atomic mass is 16.4. The number of nitrogens with zero attached hydrogens (tertiary/aromatic N) is 2. The van der Waals surface area contributed by atoms with E-state index >= 15 is 0 Å². The fraction of sp³-hybridized carbons (Fsp3) is 0. The number of aromatic nitrogens is 2. The topological polar surface area (TPSA) is 48.0 Å². The molecule has 1 aromatic carbocycles. The lowest BCUT2D eigenvalue weighted by atomic mass is 10.2. The fourth-order valence-corrected chi connectivity index (χ4v) is 1.60. The second kappa shape index (κ2) is 3.34. The van der Waals surface area contributed by atoms with E-state index < -0.39 is 0 Å². The number of benzene rings is 1. The highest BCUT2D eigenvalue weighted by Crippen LogP contribution is 2.13. The Hall–Kier alpha value is -2.36. The predicted octanol–water partition coefficient (Wildman–Crippen LogP) is 1.98. The molecule has 0 amide bonds. The van der Waals surface area contributed by atoms with Crippen LogP contribution in [0.15, 0.2) is 58.0 Å². The minimum atomic E-state index is -0.0626. The van der Waals surface area contributed by atoms with E-state index in [1.54, 1.807) is 30.6 Å². The molecule has 0 radical (unpaired) electrons. The molecule has 16 heavy (non-hydrogen) atoms. The maximum Gasteiger partial charge on any atom is 0.224 e. The summed E-state index contributed by atoms with van der Waals surface area (Å²) in [5.74, 6) is 0.425. The fourth-order valence-electron chi connectivity index (χ4n) is 1.60. The standard InChI is InChI=1S/C12H8N2O2/c15-10-8-12(14-7-3-6-13-14)16-11-5-2-1-4-9(10)11/h1-8H. The van der Waals surface area contributed by atoms with Gasteiger partial charge in [-0.15, -0.1) is 0 Å². The van der Waals surface area contributed by atoms with Crippen LogP contribution in [0.3, 0.4) is 0 Å². The Morgan fingerprint density at radius 1 is 1.19 bits per heavy atom. The lowest BCUT2D eigenvalue weighted by Gasteiger charge is -2.01. The minimum absolute atomic E-state index is 0.0626. The van der Waals surface area contributed by atoms with Gasteiger partial charge in [-0.1, -0.05) is 12.1 Å². The highest BCUT2D eigenvalue weighted by molar-refractivity contribution is 5.76. The van der Waals surface area contributed by atoms with Gasteiger partial charge >= 0.3 is 0 Å². The molecule has 0 unspecified atom stereocenters. The van der Waals surface area contributed by atoms with Gasteiger partial charge in [0.05, 0.1) is 5.39 Å². The van der Waals surface area contributed by atoms with Crippen LogP contribution in [0.5, 0.6) is 0 Å². The number of fused-ring (bicyclic) bond motifs is 1. The Morgan fingerprint density at radius 2 is 2.06 bits per heavy atom. The largest absolute Gasteiger partial charge is 0.438 e. The van der Waals surface area contributed by atoms with Crippen LogP contribution in [0.25, 0.3) is 16.9 Å². The molecule has 4 heteroatoms. The quantitative estimate of drug-likeness (QED) is 0.619. The van der Waals surface area contributed by atoms with Crippen LogP contribution in [-0.2, 0) is 0 Å². The van der Waals surface area contributed by atoms with Crippen LogP contribution in [0.4, 0.5) is 0 Å². The molecule has 3 rings (SSSR count). The summed E-state index contributed by atoms with van der Waals surface area (Å²) in [6.07, 6.45) is 3.36. The maximum absolute atomic E-state index is 11.8. The molecule has 0 N–H and O–H groups in total. The molecule has 2 heterocycles. The first-order valence-corrected chi connectivity index (χ1v) is 4.87. The Morgan fingerprint density at radius 3 is 2.88 bits per heavy atom. The van der Waals surface area contributed by atoms with Crippen molar-refractivity contribution in [3.63, 3.8) is 0 Å². The molecular formula is C12H8N2O2. The normalized spacial score (nSPS) is 10.8. The molecule has 0 bridgehead atoms. The van der Waals surface area contributed by atoms with Crippen molar-refractivity contribution < 1.29 is 4.42 Å². The van der Waals surface area contributed by atoms with E-state index in [2.05, 4.69) is 5.10 Å². The molecule has 4 nitrogen and oxygen atoms in total. The van der Waals surface area contributed by atoms with Crippen molar-refractivity contribution in [1.29, 1.82) is 0 Å². The van der Waals surface area contributed by atoms with Crippen LogP contribution >= 0.6 is 0 Å². The van der Waals surface area contributed by atoms with Gasteiger partial charge in [-0.2, -0.15) is 5.10 Å². The molecule has 0 spiro atoms. The molecular weight excluding hydrogens is 204 g/mol. The molecule has 78 valence electrons. The monoisotopic (exact) mass is 212 g/mol. The van der Waals surface area contributed by atoms with Crippen molar-refractivity contribution in [1.82, 2.24) is 9.78 Å². The number of rotatable bonds is 1. The zero-order chi connectivity index (χ0) is 11.0. The van der Waals surface area contributed by atoms with E-state index in [1.807, 2.05) is 12.1 Å². The smallest absolute Gasteiger partial charge is 0.224 e. The van der Waals surface area contributed by atoms with Crippen LogP contribution in [0, 0.1) is 0 Å². The van der Waals surface area contributed by atoms with Crippen LogP contribution in [0.1, 0.15) is 0 Å². The summed E-state index contributed by atoms with van der Waals surface area (Å²) in [7, 11) is 0. The zero-order valence-electron chi connectivity index (χ0n) is 8.33. The lowest BCUT2D eigenvalue weighted by Crippen LogP contribution is -2.04. The van der Waals surface area contributed by atoms with Crippen LogP contribution in [0.2, 0.25) is 0 Å². The van der Waals surface area contributed by atoms with E-state index in [4.69, 9.17) is 4.42 Å². The molecule has 3 aromatic rings. The Labute approximate surface area is 90.7 Å². The lowest BCUT2D eigenvalue weighted by molar-refractivity contribution is 0.547. The van der Waals surface area contributed by atoms with Gasteiger partial charge in [0.2, 0.25) is 5.88 Å². The second-order valence-electron chi connectivity index (χ2n) is 3.40. The summed E-state index contributed by atoms with van der Waals surface area (Å²) in [4.78, 5) is 11.8. The van der Waals surface area contributed by atoms with Crippen LogP contribution in [-0.4, -0.2) is 9.78 Å². The molecule has 0 atom stereocenters. The summed E-state index contributed by atoms with van der Waals surface area (Å²) < 4.78 is 7.11. The SMILES string of the molecule is O=c1cc(-n2cccn2)oc2ccccc12. The van der Waals surface area contributed by atoms with E-state index in [0.717, 1.165) is 0 Å². The van der Waals surface area contributed by atoms with Gasteiger partial charge in [-0.25, -0.2) is 4.68 Å². The van der Waals surface area contributed by atoms with E-state index in [-0.39, 0.29) is 5.43 Å². The third-order valence-electron chi connectivity index (χ3n) is 2.35. The van der Waals surface area contributed by atoms with Gasteiger partial charge in [0.25, 0.3) is 0 Å². The second-order valence-corrected chi connectivity index (χ2v) is 3.40. The number of hydrogen-bond donors (Lipinski definition) is 0. The summed E-state index contributed by atoms with van der Waals surface area (Å²) >= 11 is 0. The minimum Gasteiger partial charge on any atom is -0.438 e. The number of para-hydroxylation sites is 1. The summed E-state index contributed by atoms with van der Waals surface area (Å²) in [6.45, 7) is 0. The summed E-state index contributed by atoms with van der Waals surface area (Å²) in [5.41, 5.74) is 0.507. The van der Waals surface area contributed by atoms with Gasteiger partial charge < -0.3 is 4.42 Å². The van der Waals surface area contributed by atoms with Gasteiger partial charge in [0, 0.05) is 18.5 Å². The van der Waals surface area contributed by atoms with Gasteiger partial charge in [0.15, 0.2) is 5.43 Å². The Bertz CT molecular complexity index is 684. The molecule has 0 aliphatic carbocycles. The van der Waals surface area contributed by atoms with Crippen LogP contribution < -0.4 is 5.43 Å². The van der Waals surface area contributed by atoms with E-state index in [9.17, 15) is 4.79 Å². The zero-order valence-corrected chi connectivity index (χ0v) is 8.33. The van der Waals surface area contributed by atoms with Crippen molar-refractivity contribution in [3.05, 3.63) is 59.0 Å². The third kappa shape index (κ3) is 1.32. The van der Waals surface area contributed by atoms with Gasteiger partial charge in [0.1, 0.15) is 5.58 Å². The number of hydrogen-bond acceptors (Lipinski definition) is 3. The first-order valence-electron chi connectivity index (χ1n) is 4.87. The van der Waals surface area contributed by atoms with Crippen molar-refractivity contribution in [2.75, 3.05) is 0 Å².